The van der Waals surface area contributed by atoms with E-state index < -0.39 is 22.5 Å². The average Bonchev–Trinajstić information content (AvgIpc) is 2.57. The third-order valence-electron chi connectivity index (χ3n) is 3.57. The highest BCUT2D eigenvalue weighted by molar-refractivity contribution is 7.88. The molecule has 0 aliphatic rings. The van der Waals surface area contributed by atoms with Crippen LogP contribution in [0.25, 0.3) is 0 Å². The van der Waals surface area contributed by atoms with Crippen molar-refractivity contribution < 1.29 is 17.9 Å². The Kier molecular flexibility index (Phi) is 7.36. The Morgan fingerprint density at radius 3 is 2.41 bits per heavy atom. The molecule has 0 bridgehead atoms. The summed E-state index contributed by atoms with van der Waals surface area (Å²) in [5.74, 6) is -0.135. The molecule has 0 aliphatic heterocycles. The van der Waals surface area contributed by atoms with Crippen LogP contribution >= 0.6 is 34.8 Å². The van der Waals surface area contributed by atoms with Gasteiger partial charge in [0.1, 0.15) is 5.75 Å². The summed E-state index contributed by atoms with van der Waals surface area (Å²) < 4.78 is 30.4. The van der Waals surface area contributed by atoms with Gasteiger partial charge in [0.2, 0.25) is 15.9 Å². The third-order valence-corrected chi connectivity index (χ3v) is 5.74. The molecule has 0 spiro atoms. The van der Waals surface area contributed by atoms with E-state index in [2.05, 4.69) is 5.32 Å². The Morgan fingerprint density at radius 1 is 1.11 bits per heavy atom. The van der Waals surface area contributed by atoms with Crippen LogP contribution < -0.4 is 10.1 Å². The topological polar surface area (TPSA) is 75.7 Å². The minimum absolute atomic E-state index is 0.0319. The Hall–Kier alpha value is -1.51. The highest BCUT2D eigenvalue weighted by atomic mass is 35.5. The molecule has 27 heavy (non-hydrogen) atoms. The number of sulfonamides is 1. The van der Waals surface area contributed by atoms with Crippen molar-refractivity contribution in [1.29, 1.82) is 0 Å². The van der Waals surface area contributed by atoms with E-state index in [4.69, 9.17) is 39.5 Å². The number of methoxy groups -OCH3 is 1. The number of nitrogens with zero attached hydrogens (tertiary/aromatic N) is 1. The van der Waals surface area contributed by atoms with Gasteiger partial charge in [-0.15, -0.1) is 0 Å². The molecule has 2 aromatic rings. The van der Waals surface area contributed by atoms with Crippen molar-refractivity contribution in [3.63, 3.8) is 0 Å². The normalized spacial score (nSPS) is 11.5. The summed E-state index contributed by atoms with van der Waals surface area (Å²) in [4.78, 5) is 12.4. The highest BCUT2D eigenvalue weighted by Crippen LogP contribution is 2.28. The average molecular weight is 452 g/mol. The van der Waals surface area contributed by atoms with Crippen LogP contribution in [0.4, 0.5) is 5.69 Å². The van der Waals surface area contributed by atoms with Gasteiger partial charge in [-0.1, -0.05) is 40.9 Å². The molecule has 146 valence electrons. The fourth-order valence-corrected chi connectivity index (χ4v) is 3.49. The number of carbonyl (C=O) groups is 1. The van der Waals surface area contributed by atoms with Crippen LogP contribution in [0.2, 0.25) is 15.1 Å². The number of benzene rings is 2. The van der Waals surface area contributed by atoms with E-state index in [-0.39, 0.29) is 6.54 Å². The van der Waals surface area contributed by atoms with E-state index >= 15 is 0 Å². The lowest BCUT2D eigenvalue weighted by molar-refractivity contribution is -0.116. The first kappa shape index (κ1) is 21.8. The lowest BCUT2D eigenvalue weighted by atomic mass is 10.2. The van der Waals surface area contributed by atoms with E-state index in [1.165, 1.54) is 13.2 Å². The van der Waals surface area contributed by atoms with Gasteiger partial charge in [-0.2, -0.15) is 4.31 Å². The molecule has 0 aromatic heterocycles. The number of amides is 1. The van der Waals surface area contributed by atoms with Crippen LogP contribution in [-0.4, -0.2) is 38.5 Å². The van der Waals surface area contributed by atoms with Gasteiger partial charge in [-0.3, -0.25) is 4.79 Å². The fraction of sp³-hybridized carbons (Fsp3) is 0.235. The summed E-state index contributed by atoms with van der Waals surface area (Å²) in [6.07, 6.45) is 1.03. The quantitative estimate of drug-likeness (QED) is 0.689. The van der Waals surface area contributed by atoms with Gasteiger partial charge in [0.05, 0.1) is 35.6 Å². The van der Waals surface area contributed by atoms with Crippen LogP contribution in [0, 0.1) is 0 Å². The van der Waals surface area contributed by atoms with Crippen molar-refractivity contribution in [3.8, 4) is 5.75 Å². The SMILES string of the molecule is COc1ccc(Cl)cc1NC(=O)CN(Cc1ccc(Cl)c(Cl)c1)S(C)(=O)=O. The first-order chi connectivity index (χ1) is 12.6. The number of ether oxygens (including phenoxy) is 1. The van der Waals surface area contributed by atoms with Gasteiger partial charge in [0.15, 0.2) is 0 Å². The maximum atomic E-state index is 12.4. The second kappa shape index (κ2) is 9.12. The number of carbonyl (C=O) groups excluding carboxylic acids is 1. The summed E-state index contributed by atoms with van der Waals surface area (Å²) in [6, 6.07) is 9.49. The highest BCUT2D eigenvalue weighted by Gasteiger charge is 2.21. The second-order valence-electron chi connectivity index (χ2n) is 5.67. The van der Waals surface area contributed by atoms with Crippen molar-refractivity contribution >= 4 is 56.4 Å². The first-order valence-electron chi connectivity index (χ1n) is 7.62. The van der Waals surface area contributed by atoms with Crippen molar-refractivity contribution in [2.45, 2.75) is 6.54 Å². The fourth-order valence-electron chi connectivity index (χ4n) is 2.26. The van der Waals surface area contributed by atoms with Gasteiger partial charge < -0.3 is 10.1 Å². The van der Waals surface area contributed by atoms with Crippen molar-refractivity contribution in [3.05, 3.63) is 57.0 Å². The predicted molar refractivity (Wildman–Crippen MR) is 108 cm³/mol. The molecule has 0 saturated carbocycles. The van der Waals surface area contributed by atoms with Crippen molar-refractivity contribution in [1.82, 2.24) is 4.31 Å². The van der Waals surface area contributed by atoms with E-state index in [0.717, 1.165) is 10.6 Å². The first-order valence-corrected chi connectivity index (χ1v) is 10.6. The van der Waals surface area contributed by atoms with E-state index in [9.17, 15) is 13.2 Å². The van der Waals surface area contributed by atoms with E-state index in [0.29, 0.717) is 32.1 Å². The molecular formula is C17H17Cl3N2O4S. The maximum absolute atomic E-state index is 12.4. The molecule has 0 unspecified atom stereocenters. The lowest BCUT2D eigenvalue weighted by Crippen LogP contribution is -2.37. The van der Waals surface area contributed by atoms with Crippen molar-refractivity contribution in [2.75, 3.05) is 25.2 Å². The summed E-state index contributed by atoms with van der Waals surface area (Å²) >= 11 is 17.8. The van der Waals surface area contributed by atoms with Crippen molar-refractivity contribution in [2.24, 2.45) is 0 Å². The molecule has 0 fully saturated rings. The number of rotatable bonds is 7. The number of hydrogen-bond donors (Lipinski definition) is 1. The molecule has 0 saturated heterocycles. The van der Waals surface area contributed by atoms with Crippen LogP contribution in [0.1, 0.15) is 5.56 Å². The van der Waals surface area contributed by atoms with Crippen LogP contribution in [0.3, 0.4) is 0 Å². The second-order valence-corrected chi connectivity index (χ2v) is 8.91. The maximum Gasteiger partial charge on any atom is 0.239 e. The van der Waals surface area contributed by atoms with Gasteiger partial charge in [0.25, 0.3) is 0 Å². The van der Waals surface area contributed by atoms with Crippen LogP contribution in [0.15, 0.2) is 36.4 Å². The Balaban J connectivity index is 2.17. The van der Waals surface area contributed by atoms with E-state index in [1.54, 1.807) is 30.3 Å². The van der Waals surface area contributed by atoms with Gasteiger partial charge in [-0.25, -0.2) is 8.42 Å². The molecule has 0 atom stereocenters. The molecular weight excluding hydrogens is 435 g/mol. The van der Waals surface area contributed by atoms with Gasteiger partial charge >= 0.3 is 0 Å². The summed E-state index contributed by atoms with van der Waals surface area (Å²) in [5, 5.41) is 3.67. The molecule has 2 aromatic carbocycles. The molecule has 0 aliphatic carbocycles. The Bertz CT molecular complexity index is 951. The third kappa shape index (κ3) is 6.26. The largest absolute Gasteiger partial charge is 0.495 e. The zero-order chi connectivity index (χ0) is 20.2. The van der Waals surface area contributed by atoms with Crippen LogP contribution in [-0.2, 0) is 21.4 Å². The standard InChI is InChI=1S/C17H17Cl3N2O4S/c1-26-16-6-4-12(18)8-15(16)21-17(23)10-22(27(2,24)25)9-11-3-5-13(19)14(20)7-11/h3-8H,9-10H2,1-2H3,(H,21,23). The molecule has 2 rings (SSSR count). The Labute approximate surface area is 173 Å². The van der Waals surface area contributed by atoms with Crippen LogP contribution in [0.5, 0.6) is 5.75 Å². The molecule has 1 N–H and O–H groups in total. The van der Waals surface area contributed by atoms with Gasteiger partial charge in [0, 0.05) is 11.6 Å². The monoisotopic (exact) mass is 450 g/mol. The number of anilines is 1. The number of halogens is 3. The minimum Gasteiger partial charge on any atom is -0.495 e. The number of nitrogens with one attached hydrogen (secondary N) is 1. The predicted octanol–water partition coefficient (Wildman–Crippen LogP) is 4.06. The van der Waals surface area contributed by atoms with Gasteiger partial charge in [-0.05, 0) is 35.9 Å². The zero-order valence-electron chi connectivity index (χ0n) is 14.5. The summed E-state index contributed by atoms with van der Waals surface area (Å²) in [7, 11) is -2.21. The smallest absolute Gasteiger partial charge is 0.239 e. The molecule has 6 nitrogen and oxygen atoms in total. The molecule has 10 heteroatoms. The minimum atomic E-state index is -3.66. The molecule has 0 heterocycles. The summed E-state index contributed by atoms with van der Waals surface area (Å²) in [5.41, 5.74) is 0.945. The molecule has 0 radical (unpaired) electrons. The molecule has 1 amide bonds. The zero-order valence-corrected chi connectivity index (χ0v) is 17.6. The number of hydrogen-bond acceptors (Lipinski definition) is 4. The lowest BCUT2D eigenvalue weighted by Gasteiger charge is -2.20. The summed E-state index contributed by atoms with van der Waals surface area (Å²) in [6.45, 7) is -0.426. The van der Waals surface area contributed by atoms with E-state index in [1.807, 2.05) is 0 Å². The Morgan fingerprint density at radius 2 is 1.81 bits per heavy atom.